The molecule has 3 nitrogen and oxygen atoms in total. The average molecular weight is 180 g/mol. The van der Waals surface area contributed by atoms with Crippen LogP contribution in [0, 0.1) is 5.41 Å². The Balaban J connectivity index is 3.01. The zero-order chi connectivity index (χ0) is 10.1. The van der Waals surface area contributed by atoms with Gasteiger partial charge in [0.25, 0.3) is 6.47 Å². The first-order valence-corrected chi connectivity index (χ1v) is 4.00. The summed E-state index contributed by atoms with van der Waals surface area (Å²) in [5.41, 5.74) is -0.0223. The smallest absolute Gasteiger partial charge is 0.293 e. The van der Waals surface area contributed by atoms with Crippen molar-refractivity contribution < 1.29 is 14.3 Å². The molecule has 0 aromatic heterocycles. The van der Waals surface area contributed by atoms with Crippen molar-refractivity contribution in [2.75, 3.05) is 0 Å². The summed E-state index contributed by atoms with van der Waals surface area (Å²) in [6.07, 6.45) is 2.66. The number of rotatable bonds is 2. The summed E-state index contributed by atoms with van der Waals surface area (Å²) in [6.45, 7) is 7.73. The summed E-state index contributed by atoms with van der Waals surface area (Å²) in [7, 11) is 0. The van der Waals surface area contributed by atoms with Gasteiger partial charge >= 0.3 is 0 Å². The molecule has 0 saturated heterocycles. The second-order valence-electron chi connectivity index (χ2n) is 3.66. The number of carbonyl (C=O) groups excluding carboxylic acids is 2. The standard InChI is InChI=1S/C10H12O3/c1-7-8(12)4-5-10(2,3)9(7)13-6-11/h4-6,9H,1H2,2-3H3. The van der Waals surface area contributed by atoms with E-state index >= 15 is 0 Å². The molecule has 3 heteroatoms. The lowest BCUT2D eigenvalue weighted by Gasteiger charge is -2.33. The molecule has 0 N–H and O–H groups in total. The topological polar surface area (TPSA) is 43.4 Å². The van der Waals surface area contributed by atoms with Gasteiger partial charge in [-0.25, -0.2) is 0 Å². The first-order valence-electron chi connectivity index (χ1n) is 4.00. The highest BCUT2D eigenvalue weighted by Crippen LogP contribution is 2.33. The van der Waals surface area contributed by atoms with E-state index in [1.807, 2.05) is 13.8 Å². The predicted molar refractivity (Wildman–Crippen MR) is 48.0 cm³/mol. The van der Waals surface area contributed by atoms with E-state index in [1.165, 1.54) is 6.08 Å². The van der Waals surface area contributed by atoms with Crippen LogP contribution in [-0.2, 0) is 14.3 Å². The third kappa shape index (κ3) is 1.69. The highest BCUT2D eigenvalue weighted by molar-refractivity contribution is 6.05. The van der Waals surface area contributed by atoms with Gasteiger partial charge in [-0.1, -0.05) is 26.5 Å². The first kappa shape index (κ1) is 9.71. The third-order valence-corrected chi connectivity index (χ3v) is 2.16. The quantitative estimate of drug-likeness (QED) is 0.474. The molecule has 1 aliphatic rings. The number of hydrogen-bond acceptors (Lipinski definition) is 3. The first-order chi connectivity index (χ1) is 5.99. The maximum Gasteiger partial charge on any atom is 0.293 e. The summed E-state index contributed by atoms with van der Waals surface area (Å²) in [4.78, 5) is 21.4. The van der Waals surface area contributed by atoms with E-state index in [0.29, 0.717) is 12.0 Å². The van der Waals surface area contributed by atoms with Crippen molar-refractivity contribution in [1.82, 2.24) is 0 Å². The fourth-order valence-corrected chi connectivity index (χ4v) is 1.38. The van der Waals surface area contributed by atoms with Crippen molar-refractivity contribution in [1.29, 1.82) is 0 Å². The van der Waals surface area contributed by atoms with Crippen molar-refractivity contribution in [3.05, 3.63) is 24.3 Å². The summed E-state index contributed by atoms with van der Waals surface area (Å²) >= 11 is 0. The van der Waals surface area contributed by atoms with Crippen LogP contribution >= 0.6 is 0 Å². The molecule has 0 saturated carbocycles. The predicted octanol–water partition coefficient (Wildman–Crippen LogP) is 1.25. The molecule has 0 aromatic carbocycles. The molecule has 0 heterocycles. The Kier molecular flexibility index (Phi) is 2.36. The minimum atomic E-state index is -0.539. The van der Waals surface area contributed by atoms with Gasteiger partial charge in [0.15, 0.2) is 5.78 Å². The van der Waals surface area contributed by atoms with Gasteiger partial charge in [0.1, 0.15) is 6.10 Å². The van der Waals surface area contributed by atoms with E-state index in [9.17, 15) is 9.59 Å². The van der Waals surface area contributed by atoms with Crippen LogP contribution in [-0.4, -0.2) is 18.4 Å². The van der Waals surface area contributed by atoms with Crippen molar-refractivity contribution in [3.63, 3.8) is 0 Å². The van der Waals surface area contributed by atoms with Crippen LogP contribution in [0.2, 0.25) is 0 Å². The Morgan fingerprint density at radius 2 is 2.23 bits per heavy atom. The van der Waals surface area contributed by atoms with Crippen LogP contribution in [0.4, 0.5) is 0 Å². The Labute approximate surface area is 77.1 Å². The summed E-state index contributed by atoms with van der Waals surface area (Å²) in [6, 6.07) is 0. The fourth-order valence-electron chi connectivity index (χ4n) is 1.38. The molecule has 0 spiro atoms. The van der Waals surface area contributed by atoms with Gasteiger partial charge in [0.05, 0.1) is 0 Å². The third-order valence-electron chi connectivity index (χ3n) is 2.16. The van der Waals surface area contributed by atoms with Gasteiger partial charge in [-0.15, -0.1) is 0 Å². The highest BCUT2D eigenvalue weighted by Gasteiger charge is 2.36. The normalized spacial score (nSPS) is 25.8. The van der Waals surface area contributed by atoms with Crippen molar-refractivity contribution in [2.45, 2.75) is 20.0 Å². The largest absolute Gasteiger partial charge is 0.459 e. The average Bonchev–Trinajstić information content (AvgIpc) is 2.07. The number of carbonyl (C=O) groups is 2. The van der Waals surface area contributed by atoms with Gasteiger partial charge in [-0.2, -0.15) is 0 Å². The number of ketones is 1. The number of allylic oxidation sites excluding steroid dienone is 1. The van der Waals surface area contributed by atoms with Crippen LogP contribution in [0.25, 0.3) is 0 Å². The molecular weight excluding hydrogens is 168 g/mol. The number of ether oxygens (including phenoxy) is 1. The molecule has 1 unspecified atom stereocenters. The van der Waals surface area contributed by atoms with Gasteiger partial charge in [-0.3, -0.25) is 9.59 Å². The van der Waals surface area contributed by atoms with E-state index < -0.39 is 6.10 Å². The summed E-state index contributed by atoms with van der Waals surface area (Å²) in [5.74, 6) is -0.175. The molecule has 13 heavy (non-hydrogen) atoms. The second kappa shape index (κ2) is 3.17. The van der Waals surface area contributed by atoms with Crippen LogP contribution < -0.4 is 0 Å². The van der Waals surface area contributed by atoms with E-state index in [2.05, 4.69) is 6.58 Å². The van der Waals surface area contributed by atoms with Gasteiger partial charge in [-0.05, 0) is 6.08 Å². The molecule has 1 rings (SSSR count). The molecule has 0 bridgehead atoms. The Hall–Kier alpha value is -1.38. The maximum absolute atomic E-state index is 11.2. The molecule has 0 aromatic rings. The highest BCUT2D eigenvalue weighted by atomic mass is 16.5. The van der Waals surface area contributed by atoms with E-state index in [4.69, 9.17) is 4.74 Å². The molecule has 1 aliphatic carbocycles. The zero-order valence-corrected chi connectivity index (χ0v) is 7.74. The van der Waals surface area contributed by atoms with E-state index in [-0.39, 0.29) is 11.2 Å². The molecular formula is C10H12O3. The van der Waals surface area contributed by atoms with E-state index in [1.54, 1.807) is 6.08 Å². The van der Waals surface area contributed by atoms with Crippen LogP contribution in [0.5, 0.6) is 0 Å². The number of hydrogen-bond donors (Lipinski definition) is 0. The monoisotopic (exact) mass is 180 g/mol. The lowest BCUT2D eigenvalue weighted by molar-refractivity contribution is -0.136. The lowest BCUT2D eigenvalue weighted by Crippen LogP contribution is -2.37. The van der Waals surface area contributed by atoms with Gasteiger partial charge < -0.3 is 4.74 Å². The molecule has 0 amide bonds. The van der Waals surface area contributed by atoms with Crippen LogP contribution in [0.15, 0.2) is 24.3 Å². The maximum atomic E-state index is 11.2. The molecule has 0 radical (unpaired) electrons. The second-order valence-corrected chi connectivity index (χ2v) is 3.66. The summed E-state index contributed by atoms with van der Waals surface area (Å²) in [5, 5.41) is 0. The van der Waals surface area contributed by atoms with Crippen molar-refractivity contribution >= 4 is 12.3 Å². The Bertz CT molecular complexity index is 287. The van der Waals surface area contributed by atoms with Gasteiger partial charge in [0.2, 0.25) is 0 Å². The lowest BCUT2D eigenvalue weighted by atomic mass is 9.77. The molecule has 70 valence electrons. The Morgan fingerprint density at radius 3 is 2.77 bits per heavy atom. The zero-order valence-electron chi connectivity index (χ0n) is 7.74. The molecule has 0 fully saturated rings. The van der Waals surface area contributed by atoms with Gasteiger partial charge in [0, 0.05) is 11.0 Å². The van der Waals surface area contributed by atoms with Crippen molar-refractivity contribution in [2.24, 2.45) is 5.41 Å². The fraction of sp³-hybridized carbons (Fsp3) is 0.400. The van der Waals surface area contributed by atoms with E-state index in [0.717, 1.165) is 0 Å². The van der Waals surface area contributed by atoms with Crippen molar-refractivity contribution in [3.8, 4) is 0 Å². The SMILES string of the molecule is C=C1C(=O)C=CC(C)(C)C1OC=O. The van der Waals surface area contributed by atoms with Crippen LogP contribution in [0.3, 0.4) is 0 Å². The molecule has 1 atom stereocenters. The van der Waals surface area contributed by atoms with Crippen LogP contribution in [0.1, 0.15) is 13.8 Å². The minimum Gasteiger partial charge on any atom is -0.459 e. The molecule has 0 aliphatic heterocycles. The Morgan fingerprint density at radius 1 is 1.62 bits per heavy atom. The minimum absolute atomic E-state index is 0.175. The summed E-state index contributed by atoms with van der Waals surface area (Å²) < 4.78 is 4.83.